The fourth-order valence-corrected chi connectivity index (χ4v) is 1.92. The molecule has 2 aromatic rings. The lowest BCUT2D eigenvalue weighted by molar-refractivity contribution is -0.137. The summed E-state index contributed by atoms with van der Waals surface area (Å²) in [6, 6.07) is 1.64. The number of pyridine rings is 1. The van der Waals surface area contributed by atoms with Gasteiger partial charge in [0.05, 0.1) is 11.1 Å². The van der Waals surface area contributed by atoms with E-state index in [0.717, 1.165) is 22.7 Å². The Hall–Kier alpha value is -1.56. The van der Waals surface area contributed by atoms with Gasteiger partial charge in [-0.25, -0.2) is 4.98 Å². The van der Waals surface area contributed by atoms with Crippen LogP contribution in [0.3, 0.4) is 0 Å². The molecule has 0 N–H and O–H groups in total. The zero-order valence-electron chi connectivity index (χ0n) is 9.25. The molecule has 0 aliphatic heterocycles. The molecule has 0 unspecified atom stereocenters. The van der Waals surface area contributed by atoms with Crippen molar-refractivity contribution in [1.29, 1.82) is 0 Å². The second kappa shape index (κ2) is 4.28. The Morgan fingerprint density at radius 3 is 2.67 bits per heavy atom. The molecule has 0 spiro atoms. The summed E-state index contributed by atoms with van der Waals surface area (Å²) < 4.78 is 38.6. The van der Waals surface area contributed by atoms with E-state index in [-0.39, 0.29) is 16.4 Å². The standard InChI is InChI=1S/C11H8ClF3N2O/c1-2-7-9(12)16-8-5-6(11(13,14)15)3-4-17(8)10(7)18/h3-5H,2H2,1H3. The topological polar surface area (TPSA) is 34.4 Å². The Kier molecular flexibility index (Phi) is 3.06. The molecule has 0 amide bonds. The SMILES string of the molecule is CCc1c(Cl)nc2cc(C(F)(F)F)ccn2c1=O. The highest BCUT2D eigenvalue weighted by Crippen LogP contribution is 2.29. The molecule has 2 rings (SSSR count). The quantitative estimate of drug-likeness (QED) is 0.751. The number of nitrogens with zero attached hydrogens (tertiary/aromatic N) is 2. The van der Waals surface area contributed by atoms with Crippen LogP contribution in [0.2, 0.25) is 5.15 Å². The van der Waals surface area contributed by atoms with E-state index in [0.29, 0.717) is 6.42 Å². The molecule has 0 fully saturated rings. The highest BCUT2D eigenvalue weighted by atomic mass is 35.5. The lowest BCUT2D eigenvalue weighted by Crippen LogP contribution is -2.20. The van der Waals surface area contributed by atoms with Crippen molar-refractivity contribution in [2.45, 2.75) is 19.5 Å². The third-order valence-electron chi connectivity index (χ3n) is 2.55. The number of fused-ring (bicyclic) bond motifs is 1. The smallest absolute Gasteiger partial charge is 0.269 e. The maximum Gasteiger partial charge on any atom is 0.416 e. The molecule has 2 aromatic heterocycles. The zero-order chi connectivity index (χ0) is 13.5. The first kappa shape index (κ1) is 12.9. The number of hydrogen-bond acceptors (Lipinski definition) is 2. The van der Waals surface area contributed by atoms with E-state index in [1.807, 2.05) is 0 Å². The summed E-state index contributed by atoms with van der Waals surface area (Å²) in [5.74, 6) is 0. The van der Waals surface area contributed by atoms with Gasteiger partial charge in [-0.1, -0.05) is 18.5 Å². The van der Waals surface area contributed by atoms with Crippen LogP contribution < -0.4 is 5.56 Å². The van der Waals surface area contributed by atoms with E-state index < -0.39 is 17.3 Å². The van der Waals surface area contributed by atoms with Gasteiger partial charge in [0.2, 0.25) is 0 Å². The van der Waals surface area contributed by atoms with Crippen molar-refractivity contribution >= 4 is 17.2 Å². The van der Waals surface area contributed by atoms with Crippen LogP contribution in [-0.2, 0) is 12.6 Å². The van der Waals surface area contributed by atoms with Crippen LogP contribution in [0.25, 0.3) is 5.65 Å². The maximum atomic E-state index is 12.5. The summed E-state index contributed by atoms with van der Waals surface area (Å²) in [4.78, 5) is 15.7. The van der Waals surface area contributed by atoms with Crippen molar-refractivity contribution in [3.05, 3.63) is 45.0 Å². The molecule has 18 heavy (non-hydrogen) atoms. The molecule has 7 heteroatoms. The van der Waals surface area contributed by atoms with Crippen molar-refractivity contribution in [3.63, 3.8) is 0 Å². The molecule has 0 saturated carbocycles. The normalized spacial score (nSPS) is 12.1. The minimum atomic E-state index is -4.48. The molecule has 0 aliphatic rings. The molecule has 96 valence electrons. The molecule has 0 saturated heterocycles. The van der Waals surface area contributed by atoms with Crippen LogP contribution in [0.5, 0.6) is 0 Å². The molecule has 2 heterocycles. The third kappa shape index (κ3) is 2.08. The number of aromatic nitrogens is 2. The number of rotatable bonds is 1. The van der Waals surface area contributed by atoms with E-state index in [4.69, 9.17) is 11.6 Å². The van der Waals surface area contributed by atoms with Crippen LogP contribution in [0, 0.1) is 0 Å². The predicted octanol–water partition coefficient (Wildman–Crippen LogP) is 2.93. The second-order valence-corrected chi connectivity index (χ2v) is 4.04. The summed E-state index contributed by atoms with van der Waals surface area (Å²) in [6.45, 7) is 1.72. The highest BCUT2D eigenvalue weighted by molar-refractivity contribution is 6.30. The molecule has 0 aliphatic carbocycles. The average molecular weight is 277 g/mol. The predicted molar refractivity (Wildman–Crippen MR) is 60.9 cm³/mol. The Morgan fingerprint density at radius 1 is 1.44 bits per heavy atom. The van der Waals surface area contributed by atoms with E-state index in [1.165, 1.54) is 0 Å². The van der Waals surface area contributed by atoms with Crippen molar-refractivity contribution in [3.8, 4) is 0 Å². The van der Waals surface area contributed by atoms with E-state index in [1.54, 1.807) is 6.92 Å². The van der Waals surface area contributed by atoms with Crippen LogP contribution in [0.4, 0.5) is 13.2 Å². The first-order valence-electron chi connectivity index (χ1n) is 5.12. The summed E-state index contributed by atoms with van der Waals surface area (Å²) in [5.41, 5.74) is -1.14. The van der Waals surface area contributed by atoms with E-state index in [2.05, 4.69) is 4.98 Å². The maximum absolute atomic E-state index is 12.5. The van der Waals surface area contributed by atoms with Gasteiger partial charge in [-0.05, 0) is 18.6 Å². The Labute approximate surface area is 105 Å². The molecule has 0 atom stereocenters. The van der Waals surface area contributed by atoms with Gasteiger partial charge in [0, 0.05) is 6.20 Å². The van der Waals surface area contributed by atoms with Gasteiger partial charge in [-0.15, -0.1) is 0 Å². The average Bonchev–Trinajstić information content (AvgIpc) is 2.27. The summed E-state index contributed by atoms with van der Waals surface area (Å²) in [7, 11) is 0. The largest absolute Gasteiger partial charge is 0.416 e. The first-order chi connectivity index (χ1) is 8.34. The van der Waals surface area contributed by atoms with E-state index >= 15 is 0 Å². The van der Waals surface area contributed by atoms with Crippen molar-refractivity contribution in [2.75, 3.05) is 0 Å². The third-order valence-corrected chi connectivity index (χ3v) is 2.87. The number of alkyl halides is 3. The second-order valence-electron chi connectivity index (χ2n) is 3.68. The fourth-order valence-electron chi connectivity index (χ4n) is 1.62. The minimum absolute atomic E-state index is 0.0539. The molecular formula is C11H8ClF3N2O. The molecular weight excluding hydrogens is 269 g/mol. The lowest BCUT2D eigenvalue weighted by Gasteiger charge is -2.09. The van der Waals surface area contributed by atoms with Crippen LogP contribution in [0.1, 0.15) is 18.1 Å². The van der Waals surface area contributed by atoms with E-state index in [9.17, 15) is 18.0 Å². The number of hydrogen-bond donors (Lipinski definition) is 0. The summed E-state index contributed by atoms with van der Waals surface area (Å²) in [5, 5.41) is -0.0539. The van der Waals surface area contributed by atoms with Gasteiger partial charge in [-0.2, -0.15) is 13.2 Å². The highest BCUT2D eigenvalue weighted by Gasteiger charge is 2.30. The first-order valence-corrected chi connectivity index (χ1v) is 5.50. The summed E-state index contributed by atoms with van der Waals surface area (Å²) >= 11 is 5.77. The molecule has 3 nitrogen and oxygen atoms in total. The van der Waals surface area contributed by atoms with Crippen molar-refractivity contribution in [2.24, 2.45) is 0 Å². The Morgan fingerprint density at radius 2 is 2.11 bits per heavy atom. The van der Waals surface area contributed by atoms with Crippen molar-refractivity contribution < 1.29 is 13.2 Å². The minimum Gasteiger partial charge on any atom is -0.269 e. The van der Waals surface area contributed by atoms with Gasteiger partial charge in [0.15, 0.2) is 0 Å². The van der Waals surface area contributed by atoms with Gasteiger partial charge in [0.1, 0.15) is 10.8 Å². The monoisotopic (exact) mass is 276 g/mol. The van der Waals surface area contributed by atoms with Gasteiger partial charge in [0.25, 0.3) is 5.56 Å². The molecule has 0 aromatic carbocycles. The molecule has 0 bridgehead atoms. The van der Waals surface area contributed by atoms with Crippen molar-refractivity contribution in [1.82, 2.24) is 9.38 Å². The lowest BCUT2D eigenvalue weighted by atomic mass is 10.2. The van der Waals surface area contributed by atoms with Gasteiger partial charge in [-0.3, -0.25) is 9.20 Å². The number of halogens is 4. The van der Waals surface area contributed by atoms with Crippen LogP contribution in [0.15, 0.2) is 23.1 Å². The summed E-state index contributed by atoms with van der Waals surface area (Å²) in [6.07, 6.45) is -3.05. The molecule has 0 radical (unpaired) electrons. The Bertz CT molecular complexity index is 664. The zero-order valence-corrected chi connectivity index (χ0v) is 10.0. The van der Waals surface area contributed by atoms with Crippen LogP contribution in [-0.4, -0.2) is 9.38 Å². The van der Waals surface area contributed by atoms with Gasteiger partial charge >= 0.3 is 6.18 Å². The fraction of sp³-hybridized carbons (Fsp3) is 0.273. The Balaban J connectivity index is 2.78. The van der Waals surface area contributed by atoms with Crippen LogP contribution >= 0.6 is 11.6 Å². The van der Waals surface area contributed by atoms with Gasteiger partial charge < -0.3 is 0 Å².